The largest absolute Gasteiger partial charge is 0.419 e. The van der Waals surface area contributed by atoms with Crippen LogP contribution in [-0.4, -0.2) is 22.5 Å². The molecule has 0 aliphatic rings. The topological polar surface area (TPSA) is 83.1 Å². The summed E-state index contributed by atoms with van der Waals surface area (Å²) in [5, 5.41) is 7.70. The zero-order chi connectivity index (χ0) is 28.2. The predicted octanol–water partition coefficient (Wildman–Crippen LogP) is 7.10. The number of halogens is 4. The van der Waals surface area contributed by atoms with Crippen LogP contribution in [0, 0.1) is 5.82 Å². The molecule has 0 bridgehead atoms. The van der Waals surface area contributed by atoms with Crippen LogP contribution in [0.3, 0.4) is 0 Å². The van der Waals surface area contributed by atoms with Crippen molar-refractivity contribution in [2.45, 2.75) is 32.0 Å². The Morgan fingerprint density at radius 1 is 0.897 bits per heavy atom. The Bertz CT molecular complexity index is 1470. The van der Waals surface area contributed by atoms with Gasteiger partial charge in [0.25, 0.3) is 5.91 Å². The molecule has 0 saturated carbocycles. The number of hydrogen-bond donors (Lipinski definition) is 3. The highest BCUT2D eigenvalue weighted by molar-refractivity contribution is 7.16. The fraction of sp³-hybridized carbons (Fsp3) is 0.179. The summed E-state index contributed by atoms with van der Waals surface area (Å²) < 4.78 is 52.5. The fourth-order valence-electron chi connectivity index (χ4n) is 3.70. The molecule has 11 heteroatoms. The summed E-state index contributed by atoms with van der Waals surface area (Å²) in [6.45, 7) is 2.87. The van der Waals surface area contributed by atoms with Gasteiger partial charge in [-0.25, -0.2) is 14.2 Å². The zero-order valence-corrected chi connectivity index (χ0v) is 21.7. The summed E-state index contributed by atoms with van der Waals surface area (Å²) in [6.07, 6.45) is -4.33. The van der Waals surface area contributed by atoms with Gasteiger partial charge in [0.05, 0.1) is 11.3 Å². The van der Waals surface area contributed by atoms with Crippen molar-refractivity contribution in [1.29, 1.82) is 0 Å². The SMILES string of the molecule is CC(C)(NC(=O)Nc1ccc(F)c(C(F)(F)F)c1)C(=O)Nc1nc(-c2ccccc2)c(Cc2ccccc2)s1. The number of nitrogens with one attached hydrogen (secondary N) is 3. The fourth-order valence-corrected chi connectivity index (χ4v) is 4.72. The van der Waals surface area contributed by atoms with Gasteiger partial charge >= 0.3 is 12.2 Å². The number of aromatic nitrogens is 1. The Balaban J connectivity index is 1.48. The molecule has 3 amide bonds. The summed E-state index contributed by atoms with van der Waals surface area (Å²) >= 11 is 1.31. The van der Waals surface area contributed by atoms with Crippen LogP contribution < -0.4 is 16.0 Å². The normalized spacial score (nSPS) is 11.6. The van der Waals surface area contributed by atoms with E-state index < -0.39 is 35.0 Å². The molecule has 4 rings (SSSR count). The third-order valence-corrected chi connectivity index (χ3v) is 6.67. The number of nitrogens with zero attached hydrogens (tertiary/aromatic N) is 1. The third-order valence-electron chi connectivity index (χ3n) is 5.70. The maximum Gasteiger partial charge on any atom is 0.419 e. The quantitative estimate of drug-likeness (QED) is 0.213. The first-order chi connectivity index (χ1) is 18.4. The number of urea groups is 1. The molecule has 0 aliphatic heterocycles. The predicted molar refractivity (Wildman–Crippen MR) is 143 cm³/mol. The van der Waals surface area contributed by atoms with Crippen LogP contribution in [0.1, 0.15) is 29.9 Å². The second-order valence-corrected chi connectivity index (χ2v) is 10.3. The van der Waals surface area contributed by atoms with E-state index >= 15 is 0 Å². The summed E-state index contributed by atoms with van der Waals surface area (Å²) in [7, 11) is 0. The number of hydrogen-bond acceptors (Lipinski definition) is 4. The van der Waals surface area contributed by atoms with Gasteiger partial charge in [0.15, 0.2) is 5.13 Å². The molecule has 0 atom stereocenters. The molecule has 1 heterocycles. The maximum absolute atomic E-state index is 13.5. The molecular formula is C28H24F4N4O2S. The van der Waals surface area contributed by atoms with Crippen molar-refractivity contribution in [2.75, 3.05) is 10.6 Å². The van der Waals surface area contributed by atoms with Gasteiger partial charge in [0.2, 0.25) is 0 Å². The van der Waals surface area contributed by atoms with E-state index in [1.807, 2.05) is 60.7 Å². The standard InChI is InChI=1S/C28H24F4N4O2S/c1-27(2,36-25(38)33-19-13-14-21(29)20(16-19)28(30,31)32)24(37)35-26-34-23(18-11-7-4-8-12-18)22(39-26)15-17-9-5-3-6-10-17/h3-14,16H,15H2,1-2H3,(H2,33,36,38)(H,34,35,37). The van der Waals surface area contributed by atoms with E-state index in [4.69, 9.17) is 0 Å². The smallest absolute Gasteiger partial charge is 0.324 e. The molecule has 4 aromatic rings. The number of benzene rings is 3. The second-order valence-electron chi connectivity index (χ2n) is 9.17. The molecule has 0 aliphatic carbocycles. The van der Waals surface area contributed by atoms with Gasteiger partial charge in [-0.15, -0.1) is 11.3 Å². The van der Waals surface area contributed by atoms with Crippen LogP contribution in [-0.2, 0) is 17.4 Å². The number of anilines is 2. The number of rotatable bonds is 7. The van der Waals surface area contributed by atoms with Gasteiger partial charge in [0, 0.05) is 22.5 Å². The average Bonchev–Trinajstić information content (AvgIpc) is 3.27. The number of alkyl halides is 3. The molecule has 0 saturated heterocycles. The third kappa shape index (κ3) is 6.99. The van der Waals surface area contributed by atoms with Crippen LogP contribution in [0.4, 0.5) is 33.2 Å². The van der Waals surface area contributed by atoms with Gasteiger partial charge in [-0.05, 0) is 37.6 Å². The molecule has 0 unspecified atom stereocenters. The van der Waals surface area contributed by atoms with Crippen molar-refractivity contribution < 1.29 is 27.2 Å². The van der Waals surface area contributed by atoms with Gasteiger partial charge in [0.1, 0.15) is 11.4 Å². The number of thiazole rings is 1. The first-order valence-electron chi connectivity index (χ1n) is 11.8. The molecule has 39 heavy (non-hydrogen) atoms. The maximum atomic E-state index is 13.5. The van der Waals surface area contributed by atoms with Crippen LogP contribution in [0.5, 0.6) is 0 Å². The van der Waals surface area contributed by atoms with Crippen LogP contribution in [0.25, 0.3) is 11.3 Å². The molecule has 1 aromatic heterocycles. The highest BCUT2D eigenvalue weighted by Crippen LogP contribution is 2.34. The van der Waals surface area contributed by atoms with Crippen molar-refractivity contribution >= 4 is 34.1 Å². The molecular weight excluding hydrogens is 532 g/mol. The summed E-state index contributed by atoms with van der Waals surface area (Å²) in [6, 6.07) is 20.5. The van der Waals surface area contributed by atoms with E-state index in [-0.39, 0.29) is 5.69 Å². The minimum Gasteiger partial charge on any atom is -0.324 e. The van der Waals surface area contributed by atoms with Crippen LogP contribution in [0.15, 0.2) is 78.9 Å². The number of carbonyl (C=O) groups excluding carboxylic acids is 2. The van der Waals surface area contributed by atoms with E-state index in [0.717, 1.165) is 27.8 Å². The van der Waals surface area contributed by atoms with E-state index in [1.54, 1.807) is 0 Å². The number of carbonyl (C=O) groups is 2. The monoisotopic (exact) mass is 556 g/mol. The highest BCUT2D eigenvalue weighted by atomic mass is 32.1. The lowest BCUT2D eigenvalue weighted by Gasteiger charge is -2.24. The Labute approximate surface area is 226 Å². The molecule has 0 fully saturated rings. The molecule has 3 N–H and O–H groups in total. The Kier molecular flexibility index (Phi) is 8.01. The highest BCUT2D eigenvalue weighted by Gasteiger charge is 2.35. The van der Waals surface area contributed by atoms with E-state index in [2.05, 4.69) is 20.9 Å². The summed E-state index contributed by atoms with van der Waals surface area (Å²) in [5.74, 6) is -2.05. The number of amides is 3. The Morgan fingerprint density at radius 2 is 1.54 bits per heavy atom. The van der Waals surface area contributed by atoms with Gasteiger partial charge in [-0.3, -0.25) is 10.1 Å². The average molecular weight is 557 g/mol. The van der Waals surface area contributed by atoms with Crippen molar-refractivity contribution in [3.63, 3.8) is 0 Å². The Hall–Kier alpha value is -4.25. The van der Waals surface area contributed by atoms with Gasteiger partial charge in [-0.2, -0.15) is 13.2 Å². The summed E-state index contributed by atoms with van der Waals surface area (Å²) in [4.78, 5) is 31.1. The molecule has 3 aromatic carbocycles. The van der Waals surface area contributed by atoms with E-state index in [1.165, 1.54) is 25.2 Å². The van der Waals surface area contributed by atoms with Gasteiger partial charge in [-0.1, -0.05) is 60.7 Å². The minimum atomic E-state index is -4.93. The molecule has 6 nitrogen and oxygen atoms in total. The second kappa shape index (κ2) is 11.2. The van der Waals surface area contributed by atoms with E-state index in [0.29, 0.717) is 23.7 Å². The minimum absolute atomic E-state index is 0.282. The first-order valence-corrected chi connectivity index (χ1v) is 12.6. The van der Waals surface area contributed by atoms with Crippen molar-refractivity contribution in [3.8, 4) is 11.3 Å². The molecule has 0 spiro atoms. The molecule has 0 radical (unpaired) electrons. The van der Waals surface area contributed by atoms with Crippen molar-refractivity contribution in [1.82, 2.24) is 10.3 Å². The van der Waals surface area contributed by atoms with Gasteiger partial charge < -0.3 is 10.6 Å². The summed E-state index contributed by atoms with van der Waals surface area (Å²) in [5.41, 5.74) is -0.592. The van der Waals surface area contributed by atoms with E-state index in [9.17, 15) is 27.2 Å². The van der Waals surface area contributed by atoms with Crippen LogP contribution in [0.2, 0.25) is 0 Å². The lowest BCUT2D eigenvalue weighted by molar-refractivity contribution is -0.139. The first kappa shape index (κ1) is 27.8. The zero-order valence-electron chi connectivity index (χ0n) is 20.9. The van der Waals surface area contributed by atoms with Crippen molar-refractivity contribution in [3.05, 3.63) is 101 Å². The molecule has 202 valence electrons. The lowest BCUT2D eigenvalue weighted by atomic mass is 10.1. The lowest BCUT2D eigenvalue weighted by Crippen LogP contribution is -2.53. The Morgan fingerprint density at radius 3 is 2.18 bits per heavy atom. The van der Waals surface area contributed by atoms with Crippen molar-refractivity contribution in [2.24, 2.45) is 0 Å². The van der Waals surface area contributed by atoms with Crippen LogP contribution >= 0.6 is 11.3 Å².